The van der Waals surface area contributed by atoms with Crippen molar-refractivity contribution in [2.45, 2.75) is 0 Å². The summed E-state index contributed by atoms with van der Waals surface area (Å²) in [6.07, 6.45) is 0. The van der Waals surface area contributed by atoms with Gasteiger partial charge in [-0.15, -0.1) is 0 Å². The lowest BCUT2D eigenvalue weighted by Gasteiger charge is -2.08. The monoisotopic (exact) mass is 282 g/mol. The van der Waals surface area contributed by atoms with Crippen molar-refractivity contribution < 1.29 is 13.6 Å². The normalized spacial score (nSPS) is 10.1. The summed E-state index contributed by atoms with van der Waals surface area (Å²) in [5.74, 6) is -1.53. The number of hydrogen-bond acceptors (Lipinski definition) is 1. The Bertz CT molecular complexity index is 599. The van der Waals surface area contributed by atoms with Crippen LogP contribution in [0.2, 0.25) is 5.02 Å². The highest BCUT2D eigenvalue weighted by Crippen LogP contribution is 2.16. The van der Waals surface area contributed by atoms with Gasteiger partial charge in [0.2, 0.25) is 0 Å². The number of hydrogen-bond donors (Lipinski definition) is 2. The van der Waals surface area contributed by atoms with E-state index in [4.69, 9.17) is 11.6 Å². The molecule has 98 valence electrons. The van der Waals surface area contributed by atoms with Gasteiger partial charge in [-0.2, -0.15) is 0 Å². The van der Waals surface area contributed by atoms with Gasteiger partial charge in [0.05, 0.1) is 0 Å². The van der Waals surface area contributed by atoms with E-state index in [-0.39, 0.29) is 5.69 Å². The van der Waals surface area contributed by atoms with Gasteiger partial charge in [-0.25, -0.2) is 13.6 Å². The first-order valence-electron chi connectivity index (χ1n) is 5.32. The second kappa shape index (κ2) is 5.67. The minimum absolute atomic E-state index is 0.0250. The minimum atomic E-state index is -0.766. The fraction of sp³-hybridized carbons (Fsp3) is 0. The van der Waals surface area contributed by atoms with E-state index in [0.29, 0.717) is 10.7 Å². The lowest BCUT2D eigenvalue weighted by molar-refractivity contribution is 0.262. The van der Waals surface area contributed by atoms with Crippen molar-refractivity contribution in [1.82, 2.24) is 0 Å². The molecular weight excluding hydrogens is 274 g/mol. The van der Waals surface area contributed by atoms with E-state index < -0.39 is 17.7 Å². The van der Waals surface area contributed by atoms with Crippen LogP contribution in [0.4, 0.5) is 25.0 Å². The molecule has 0 saturated carbocycles. The Morgan fingerprint density at radius 1 is 0.947 bits per heavy atom. The SMILES string of the molecule is O=C(Nc1cc(F)cc(F)c1)Nc1cccc(Cl)c1. The maximum Gasteiger partial charge on any atom is 0.323 e. The number of urea groups is 1. The van der Waals surface area contributed by atoms with E-state index in [9.17, 15) is 13.6 Å². The quantitative estimate of drug-likeness (QED) is 0.849. The lowest BCUT2D eigenvalue weighted by Crippen LogP contribution is -2.19. The Morgan fingerprint density at radius 2 is 1.58 bits per heavy atom. The Kier molecular flexibility index (Phi) is 3.97. The highest BCUT2D eigenvalue weighted by molar-refractivity contribution is 6.30. The van der Waals surface area contributed by atoms with E-state index in [2.05, 4.69) is 10.6 Å². The summed E-state index contributed by atoms with van der Waals surface area (Å²) in [5.41, 5.74) is 0.499. The van der Waals surface area contributed by atoms with E-state index in [1.165, 1.54) is 0 Å². The molecule has 0 aliphatic rings. The molecule has 2 amide bonds. The Hall–Kier alpha value is -2.14. The fourth-order valence-electron chi connectivity index (χ4n) is 1.49. The highest BCUT2D eigenvalue weighted by Gasteiger charge is 2.05. The number of rotatable bonds is 2. The van der Waals surface area contributed by atoms with Gasteiger partial charge in [-0.3, -0.25) is 0 Å². The van der Waals surface area contributed by atoms with Gasteiger partial charge in [0.25, 0.3) is 0 Å². The maximum atomic E-state index is 12.9. The van der Waals surface area contributed by atoms with Crippen LogP contribution in [0.15, 0.2) is 42.5 Å². The van der Waals surface area contributed by atoms with Gasteiger partial charge in [-0.1, -0.05) is 17.7 Å². The molecule has 0 aliphatic heterocycles. The van der Waals surface area contributed by atoms with Crippen LogP contribution in [-0.2, 0) is 0 Å². The zero-order chi connectivity index (χ0) is 13.8. The van der Waals surface area contributed by atoms with Crippen molar-refractivity contribution in [2.24, 2.45) is 0 Å². The molecule has 0 saturated heterocycles. The van der Waals surface area contributed by atoms with Crippen LogP contribution in [0.25, 0.3) is 0 Å². The zero-order valence-electron chi connectivity index (χ0n) is 9.58. The summed E-state index contributed by atoms with van der Waals surface area (Å²) < 4.78 is 25.9. The summed E-state index contributed by atoms with van der Waals surface area (Å²) in [5, 5.41) is 5.28. The molecule has 3 nitrogen and oxygen atoms in total. The number of carbonyl (C=O) groups is 1. The summed E-state index contributed by atoms with van der Waals surface area (Å²) in [6, 6.07) is 8.64. The molecule has 0 atom stereocenters. The van der Waals surface area contributed by atoms with Gasteiger partial charge in [-0.05, 0) is 30.3 Å². The smallest absolute Gasteiger partial charge is 0.308 e. The largest absolute Gasteiger partial charge is 0.323 e. The fourth-order valence-corrected chi connectivity index (χ4v) is 1.68. The van der Waals surface area contributed by atoms with Crippen LogP contribution in [-0.4, -0.2) is 6.03 Å². The number of amides is 2. The van der Waals surface area contributed by atoms with Crippen molar-refractivity contribution in [3.8, 4) is 0 Å². The van der Waals surface area contributed by atoms with Gasteiger partial charge < -0.3 is 10.6 Å². The van der Waals surface area contributed by atoms with Crippen molar-refractivity contribution in [2.75, 3.05) is 10.6 Å². The van der Waals surface area contributed by atoms with E-state index in [1.54, 1.807) is 24.3 Å². The van der Waals surface area contributed by atoms with E-state index >= 15 is 0 Å². The van der Waals surface area contributed by atoms with Gasteiger partial charge in [0.15, 0.2) is 0 Å². The third-order valence-electron chi connectivity index (χ3n) is 2.20. The van der Waals surface area contributed by atoms with E-state index in [1.807, 2.05) is 0 Å². The molecule has 0 aromatic heterocycles. The first-order chi connectivity index (χ1) is 9.02. The first-order valence-corrected chi connectivity index (χ1v) is 5.70. The van der Waals surface area contributed by atoms with Crippen LogP contribution >= 0.6 is 11.6 Å². The van der Waals surface area contributed by atoms with E-state index in [0.717, 1.165) is 18.2 Å². The number of carbonyl (C=O) groups excluding carboxylic acids is 1. The predicted octanol–water partition coefficient (Wildman–Crippen LogP) is 4.26. The van der Waals surface area contributed by atoms with Crippen molar-refractivity contribution in [1.29, 1.82) is 0 Å². The second-order valence-corrected chi connectivity index (χ2v) is 4.18. The standard InChI is InChI=1S/C13H9ClF2N2O/c14-8-2-1-3-11(4-8)17-13(19)18-12-6-9(15)5-10(16)7-12/h1-7H,(H2,17,18,19). The molecule has 2 aromatic rings. The van der Waals surface area contributed by atoms with Gasteiger partial charge >= 0.3 is 6.03 Å². The Balaban J connectivity index is 2.05. The molecule has 0 aliphatic carbocycles. The third-order valence-corrected chi connectivity index (χ3v) is 2.44. The minimum Gasteiger partial charge on any atom is -0.308 e. The van der Waals surface area contributed by atoms with Crippen molar-refractivity contribution in [3.05, 3.63) is 59.1 Å². The summed E-state index contributed by atoms with van der Waals surface area (Å²) in [6.45, 7) is 0. The summed E-state index contributed by atoms with van der Waals surface area (Å²) in [4.78, 5) is 11.6. The number of nitrogens with one attached hydrogen (secondary N) is 2. The van der Waals surface area contributed by atoms with Crippen LogP contribution in [0.1, 0.15) is 0 Å². The van der Waals surface area contributed by atoms with Crippen LogP contribution in [0.5, 0.6) is 0 Å². The molecule has 0 bridgehead atoms. The molecule has 6 heteroatoms. The van der Waals surface area contributed by atoms with Crippen LogP contribution in [0.3, 0.4) is 0 Å². The molecule has 0 unspecified atom stereocenters. The van der Waals surface area contributed by atoms with Gasteiger partial charge in [0.1, 0.15) is 11.6 Å². The Morgan fingerprint density at radius 3 is 2.21 bits per heavy atom. The molecule has 0 heterocycles. The molecule has 0 spiro atoms. The molecule has 19 heavy (non-hydrogen) atoms. The highest BCUT2D eigenvalue weighted by atomic mass is 35.5. The third kappa shape index (κ3) is 3.93. The molecule has 2 rings (SSSR count). The number of benzene rings is 2. The lowest BCUT2D eigenvalue weighted by atomic mass is 10.3. The van der Waals surface area contributed by atoms with Crippen LogP contribution in [0, 0.1) is 11.6 Å². The van der Waals surface area contributed by atoms with Crippen LogP contribution < -0.4 is 10.6 Å². The molecule has 2 aromatic carbocycles. The molecule has 2 N–H and O–H groups in total. The number of anilines is 2. The summed E-state index contributed by atoms with van der Waals surface area (Å²) in [7, 11) is 0. The predicted molar refractivity (Wildman–Crippen MR) is 70.5 cm³/mol. The topological polar surface area (TPSA) is 41.1 Å². The Labute approximate surface area is 113 Å². The maximum absolute atomic E-state index is 12.9. The number of halogens is 3. The molecule has 0 radical (unpaired) electrons. The van der Waals surface area contributed by atoms with Gasteiger partial charge in [0, 0.05) is 22.5 Å². The average Bonchev–Trinajstić information content (AvgIpc) is 2.26. The molecular formula is C13H9ClF2N2O. The van der Waals surface area contributed by atoms with Crippen molar-refractivity contribution >= 4 is 29.0 Å². The first kappa shape index (κ1) is 13.3. The zero-order valence-corrected chi connectivity index (χ0v) is 10.3. The summed E-state index contributed by atoms with van der Waals surface area (Å²) >= 11 is 5.76. The second-order valence-electron chi connectivity index (χ2n) is 3.75. The average molecular weight is 283 g/mol. The van der Waals surface area contributed by atoms with Crippen molar-refractivity contribution in [3.63, 3.8) is 0 Å². The molecule has 0 fully saturated rings.